The number of primary amides is 1. The monoisotopic (exact) mass is 1440 g/mol. The predicted molar refractivity (Wildman–Crippen MR) is 413 cm³/mol. The number of ether oxygens (including phenoxy) is 5. The van der Waals surface area contributed by atoms with Gasteiger partial charge in [0.1, 0.15) is 79.9 Å². The molecule has 0 spiro atoms. The molecule has 0 unspecified atom stereocenters. The van der Waals surface area contributed by atoms with Crippen LogP contribution in [0.2, 0.25) is 5.15 Å². The molecule has 3 aliphatic heterocycles. The van der Waals surface area contributed by atoms with E-state index in [2.05, 4.69) is 54.8 Å². The highest BCUT2D eigenvalue weighted by atomic mass is 35.5. The number of nitrogens with one attached hydrogen (secondary N) is 4. The van der Waals surface area contributed by atoms with Crippen LogP contribution in [0.3, 0.4) is 0 Å². The van der Waals surface area contributed by atoms with E-state index >= 15 is 0 Å². The van der Waals surface area contributed by atoms with E-state index in [1.807, 2.05) is 194 Å². The number of rotatable bonds is 19. The molecule has 0 bridgehead atoms. The van der Waals surface area contributed by atoms with Gasteiger partial charge in [-0.3, -0.25) is 19.7 Å². The third-order valence-corrected chi connectivity index (χ3v) is 17.3. The molecule has 5 amide bonds. The molecule has 23 heteroatoms. The smallest absolute Gasteiger partial charge is 0.413 e. The molecule has 0 aliphatic carbocycles. The minimum atomic E-state index is -0.725. The summed E-state index contributed by atoms with van der Waals surface area (Å²) in [4.78, 5) is 79.2. The summed E-state index contributed by atoms with van der Waals surface area (Å²) >= 11 is 6.18. The first-order valence-electron chi connectivity index (χ1n) is 35.0. The molecule has 3 atom stereocenters. The summed E-state index contributed by atoms with van der Waals surface area (Å²) < 4.78 is 27.7. The highest BCUT2D eigenvalue weighted by Crippen LogP contribution is 2.37. The van der Waals surface area contributed by atoms with Crippen LogP contribution in [0.1, 0.15) is 182 Å². The number of hydrogen-bond donors (Lipinski definition) is 6. The molecule has 550 valence electrons. The molecule has 0 saturated heterocycles. The summed E-state index contributed by atoms with van der Waals surface area (Å²) in [7, 11) is 0. The van der Waals surface area contributed by atoms with E-state index in [0.29, 0.717) is 84.4 Å². The van der Waals surface area contributed by atoms with Gasteiger partial charge in [0.05, 0.1) is 36.3 Å². The summed E-state index contributed by atoms with van der Waals surface area (Å²) in [6, 6.07) is 52.4. The van der Waals surface area contributed by atoms with Crippen molar-refractivity contribution < 1.29 is 47.7 Å². The van der Waals surface area contributed by atoms with E-state index in [4.69, 9.17) is 42.0 Å². The zero-order chi connectivity index (χ0) is 76.0. The number of benzene rings is 6. The summed E-state index contributed by atoms with van der Waals surface area (Å²) in [5.74, 6) is 7.12. The fraction of sp³-hybridized carbons (Fsp3) is 0.317. The highest BCUT2D eigenvalue weighted by Gasteiger charge is 2.34. The minimum absolute atomic E-state index is 0.00473. The molecule has 22 nitrogen and oxygen atoms in total. The van der Waals surface area contributed by atoms with Crippen LogP contribution in [0, 0.1) is 20.8 Å². The van der Waals surface area contributed by atoms with Gasteiger partial charge in [0.25, 0.3) is 17.7 Å². The van der Waals surface area contributed by atoms with Crippen molar-refractivity contribution in [2.45, 2.75) is 153 Å². The average Bonchev–Trinajstić information content (AvgIpc) is 1.66. The number of nitrogens with two attached hydrogens (primary N) is 2. The number of hydrogen-bond acceptors (Lipinski definition) is 17. The summed E-state index contributed by atoms with van der Waals surface area (Å²) in [5, 5.41) is 13.3. The van der Waals surface area contributed by atoms with Gasteiger partial charge in [0.2, 0.25) is 0 Å². The third-order valence-electron chi connectivity index (χ3n) is 17.1. The lowest BCUT2D eigenvalue weighted by Gasteiger charge is -2.21. The van der Waals surface area contributed by atoms with Crippen molar-refractivity contribution >= 4 is 70.6 Å². The number of nitrogen functional groups attached to an aromatic ring is 1. The molecule has 0 radical (unpaired) electrons. The van der Waals surface area contributed by atoms with Crippen molar-refractivity contribution in [3.05, 3.63) is 236 Å². The molecule has 0 saturated carbocycles. The van der Waals surface area contributed by atoms with Crippen LogP contribution in [0.4, 0.5) is 38.7 Å². The number of amides is 5. The van der Waals surface area contributed by atoms with Gasteiger partial charge >= 0.3 is 12.2 Å². The Bertz CT molecular complexity index is 4360. The first-order chi connectivity index (χ1) is 49.8. The maximum absolute atomic E-state index is 12.9. The third kappa shape index (κ3) is 21.4. The number of halogens is 1. The van der Waals surface area contributed by atoms with Crippen molar-refractivity contribution in [2.24, 2.45) is 5.73 Å². The molecule has 0 fully saturated rings. The quantitative estimate of drug-likeness (QED) is 0.0410. The number of nitrogens with zero attached hydrogens (tertiary/aromatic N) is 6. The molecule has 6 aromatic carbocycles. The van der Waals surface area contributed by atoms with E-state index in [-0.39, 0.29) is 41.7 Å². The van der Waals surface area contributed by atoms with E-state index in [9.17, 15) is 24.0 Å². The first-order valence-corrected chi connectivity index (χ1v) is 35.4. The normalized spacial score (nSPS) is 13.6. The average molecular weight is 1440 g/mol. The van der Waals surface area contributed by atoms with Crippen molar-refractivity contribution in [3.8, 4) is 34.5 Å². The number of fused-ring (bicyclic) bond motifs is 3. The van der Waals surface area contributed by atoms with Gasteiger partial charge < -0.3 is 65.8 Å². The summed E-state index contributed by atoms with van der Waals surface area (Å²) in [6.45, 7) is 32.2. The molecule has 105 heavy (non-hydrogen) atoms. The minimum Gasteiger partial charge on any atom is -0.457 e. The van der Waals surface area contributed by atoms with Gasteiger partial charge in [-0.2, -0.15) is 0 Å². The summed E-state index contributed by atoms with van der Waals surface area (Å²) in [5.41, 5.74) is 20.7. The first kappa shape index (κ1) is 77.8. The van der Waals surface area contributed by atoms with E-state index in [1.54, 1.807) is 74.4 Å². The Hall–Kier alpha value is -11.4. The van der Waals surface area contributed by atoms with Crippen LogP contribution in [0.25, 0.3) is 0 Å². The molecule has 8 N–H and O–H groups in total. The Morgan fingerprint density at radius 1 is 0.457 bits per heavy atom. The maximum Gasteiger partial charge on any atom is 0.413 e. The Kier molecular flexibility index (Phi) is 25.4. The second-order valence-electron chi connectivity index (χ2n) is 27.8. The zero-order valence-electron chi connectivity index (χ0n) is 62.4. The number of aromatic nitrogens is 3. The fourth-order valence-electron chi connectivity index (χ4n) is 11.5. The van der Waals surface area contributed by atoms with Crippen LogP contribution in [-0.2, 0) is 29.1 Å². The van der Waals surface area contributed by atoms with Crippen molar-refractivity contribution in [1.29, 1.82) is 0 Å². The zero-order valence-corrected chi connectivity index (χ0v) is 63.1. The van der Waals surface area contributed by atoms with Crippen molar-refractivity contribution in [1.82, 2.24) is 29.7 Å². The molecule has 12 rings (SSSR count). The number of carbonyl (C=O) groups is 5. The second kappa shape index (κ2) is 34.3. The van der Waals surface area contributed by atoms with Crippen molar-refractivity contribution in [2.75, 3.05) is 46.6 Å². The molecular weight excluding hydrogens is 1350 g/mol. The van der Waals surface area contributed by atoms with Crippen LogP contribution in [0.5, 0.6) is 34.5 Å². The van der Waals surface area contributed by atoms with E-state index < -0.39 is 23.4 Å². The number of anilines is 5. The van der Waals surface area contributed by atoms with Gasteiger partial charge in [0, 0.05) is 54.5 Å². The van der Waals surface area contributed by atoms with Gasteiger partial charge in [-0.25, -0.2) is 24.5 Å². The Morgan fingerprint density at radius 2 is 0.752 bits per heavy atom. The standard InChI is InChI=1S/C29H34N4O4.C24H24ClN3O2.C24H26N4O2.C5H11NO2/c1-7-33-17-24-23(27(33)34)16-25(32-28(35)37-29(4,5)6)31-26(24)30-19(3)20-10-14-22(15-11-20)36-21-12-8-18(2)9-13-21;2*1-4-28-14-21-20(24(28)29)13-22(25)27-23(21)26-16(3)17-7-11-19(12-8-17)30-18-9-5-15(2)6-10-18;1-5(2,3)8-4(6)7/h8-16,19H,7,17H2,1-6H3,(H2,30,31,32,35);5-13,16H,4,14H2,1-3H3,(H,26,27);5-13,16H,4,14H2,1-3H3,(H3,25,26,27);1-3H3,(H2,6,7)/t19-;2*16-;/m000./s1. The Balaban J connectivity index is 0.000000174. The van der Waals surface area contributed by atoms with E-state index in [1.165, 1.54) is 16.7 Å². The lowest BCUT2D eigenvalue weighted by molar-refractivity contribution is 0.0596. The van der Waals surface area contributed by atoms with Crippen molar-refractivity contribution in [3.63, 3.8) is 0 Å². The van der Waals surface area contributed by atoms with Crippen LogP contribution in [0.15, 0.2) is 164 Å². The predicted octanol–water partition coefficient (Wildman–Crippen LogP) is 18.5. The van der Waals surface area contributed by atoms with Gasteiger partial charge in [-0.05, 0) is 212 Å². The lowest BCUT2D eigenvalue weighted by atomic mass is 10.1. The molecular formula is C82H95ClN12O10. The maximum atomic E-state index is 12.9. The lowest BCUT2D eigenvalue weighted by Crippen LogP contribution is -2.27. The van der Waals surface area contributed by atoms with Gasteiger partial charge in [-0.15, -0.1) is 0 Å². The Morgan fingerprint density at radius 3 is 1.06 bits per heavy atom. The fourth-order valence-corrected chi connectivity index (χ4v) is 11.7. The molecule has 9 aromatic rings. The highest BCUT2D eigenvalue weighted by molar-refractivity contribution is 6.30. The number of carbonyl (C=O) groups excluding carboxylic acids is 5. The molecule has 6 heterocycles. The van der Waals surface area contributed by atoms with Crippen LogP contribution < -0.4 is 46.9 Å². The van der Waals surface area contributed by atoms with Crippen LogP contribution in [-0.4, -0.2) is 90.4 Å². The number of aryl methyl sites for hydroxylation is 3. The summed E-state index contributed by atoms with van der Waals surface area (Å²) in [6.07, 6.45) is -1.35. The SMILES string of the molecule is CC(C)(C)OC(N)=O.CCN1Cc2c(cc(Cl)nc2N[C@@H](C)c2ccc(Oc3ccc(C)cc3)cc2)C1=O.CCN1Cc2c(cc(N)nc2N[C@@H](C)c2ccc(Oc3ccc(C)cc3)cc2)C1=O.CCN1Cc2c(cc(NC(=O)OC(C)(C)C)nc2N[C@@H](C)c2ccc(Oc3ccc(C)cc3)cc2)C1=O. The van der Waals surface area contributed by atoms with Gasteiger partial charge in [0.15, 0.2) is 0 Å². The van der Waals surface area contributed by atoms with Crippen LogP contribution >= 0.6 is 11.6 Å². The second-order valence-corrected chi connectivity index (χ2v) is 28.2. The molecule has 3 aromatic heterocycles. The Labute approximate surface area is 620 Å². The topological polar surface area (TPSA) is 280 Å². The largest absolute Gasteiger partial charge is 0.457 e. The molecule has 3 aliphatic rings. The van der Waals surface area contributed by atoms with Gasteiger partial charge in [-0.1, -0.05) is 101 Å². The van der Waals surface area contributed by atoms with E-state index in [0.717, 1.165) is 67.9 Å². The number of pyridine rings is 3.